The lowest BCUT2D eigenvalue weighted by Gasteiger charge is -2.22. The van der Waals surface area contributed by atoms with Gasteiger partial charge in [0.1, 0.15) is 0 Å². The lowest BCUT2D eigenvalue weighted by atomic mass is 10.2. The van der Waals surface area contributed by atoms with E-state index in [1.165, 1.54) is 0 Å². The fourth-order valence-corrected chi connectivity index (χ4v) is 2.37. The first-order valence-electron chi connectivity index (χ1n) is 6.49. The summed E-state index contributed by atoms with van der Waals surface area (Å²) in [5, 5.41) is 9.48. The first kappa shape index (κ1) is 12.9. The number of β-amino-alcohol motifs (C(OH)–C–C–N with tert-alkyl or cyclic N) is 1. The van der Waals surface area contributed by atoms with E-state index >= 15 is 0 Å². The molecule has 0 bridgehead atoms. The van der Waals surface area contributed by atoms with Gasteiger partial charge >= 0.3 is 0 Å². The lowest BCUT2D eigenvalue weighted by molar-refractivity contribution is -0.117. The van der Waals surface area contributed by atoms with Crippen molar-refractivity contribution in [2.75, 3.05) is 29.4 Å². The van der Waals surface area contributed by atoms with Crippen LogP contribution in [-0.2, 0) is 4.79 Å². The van der Waals surface area contributed by atoms with Crippen LogP contribution in [-0.4, -0.2) is 36.8 Å². The highest BCUT2D eigenvalue weighted by Gasteiger charge is 2.28. The zero-order valence-electron chi connectivity index (χ0n) is 11.0. The molecule has 0 saturated carbocycles. The van der Waals surface area contributed by atoms with Gasteiger partial charge < -0.3 is 14.9 Å². The van der Waals surface area contributed by atoms with Crippen molar-refractivity contribution >= 4 is 17.3 Å². The fourth-order valence-electron chi connectivity index (χ4n) is 2.37. The molecule has 1 atom stereocenters. The van der Waals surface area contributed by atoms with Gasteiger partial charge in [-0.15, -0.1) is 0 Å². The van der Waals surface area contributed by atoms with Crippen molar-refractivity contribution in [2.24, 2.45) is 0 Å². The first-order chi connectivity index (χ1) is 8.65. The average Bonchev–Trinajstić information content (AvgIpc) is 2.71. The van der Waals surface area contributed by atoms with Gasteiger partial charge in [-0.25, -0.2) is 0 Å². The lowest BCUT2D eigenvalue weighted by Crippen LogP contribution is -2.25. The van der Waals surface area contributed by atoms with Crippen LogP contribution in [0, 0.1) is 0 Å². The number of amides is 1. The molecule has 4 nitrogen and oxygen atoms in total. The van der Waals surface area contributed by atoms with Crippen molar-refractivity contribution in [3.05, 3.63) is 24.3 Å². The number of carbonyl (C=O) groups excluding carboxylic acids is 1. The zero-order valence-corrected chi connectivity index (χ0v) is 11.0. The molecule has 0 spiro atoms. The van der Waals surface area contributed by atoms with Crippen LogP contribution in [0.25, 0.3) is 0 Å². The third kappa shape index (κ3) is 2.48. The molecule has 1 fully saturated rings. The van der Waals surface area contributed by atoms with Gasteiger partial charge in [0.05, 0.1) is 19.1 Å². The predicted octanol–water partition coefficient (Wildman–Crippen LogP) is 1.63. The number of hydrogen-bond donors (Lipinski definition) is 1. The molecule has 1 amide bonds. The third-order valence-electron chi connectivity index (χ3n) is 3.39. The second-order valence-corrected chi connectivity index (χ2v) is 4.55. The van der Waals surface area contributed by atoms with E-state index in [0.29, 0.717) is 6.54 Å². The van der Waals surface area contributed by atoms with E-state index in [4.69, 9.17) is 0 Å². The smallest absolute Gasteiger partial charge is 0.229 e. The molecule has 1 heterocycles. The molecular weight excluding hydrogens is 228 g/mol. The Kier molecular flexibility index (Phi) is 3.87. The molecule has 18 heavy (non-hydrogen) atoms. The average molecular weight is 248 g/mol. The predicted molar refractivity (Wildman–Crippen MR) is 73.0 cm³/mol. The molecule has 0 radical (unpaired) electrons. The van der Waals surface area contributed by atoms with Gasteiger partial charge in [0.25, 0.3) is 0 Å². The molecule has 2 rings (SSSR count). The Morgan fingerprint density at radius 3 is 2.33 bits per heavy atom. The van der Waals surface area contributed by atoms with Gasteiger partial charge in [-0.2, -0.15) is 0 Å². The third-order valence-corrected chi connectivity index (χ3v) is 3.39. The summed E-state index contributed by atoms with van der Waals surface area (Å²) >= 11 is 0. The van der Waals surface area contributed by atoms with Crippen molar-refractivity contribution in [1.29, 1.82) is 0 Å². The molecule has 0 aliphatic carbocycles. The van der Waals surface area contributed by atoms with Crippen LogP contribution < -0.4 is 9.80 Å². The molecule has 1 unspecified atom stereocenters. The van der Waals surface area contributed by atoms with Crippen LogP contribution in [0.5, 0.6) is 0 Å². The van der Waals surface area contributed by atoms with E-state index in [2.05, 4.69) is 18.7 Å². The number of hydrogen-bond acceptors (Lipinski definition) is 3. The largest absolute Gasteiger partial charge is 0.391 e. The minimum atomic E-state index is -0.528. The highest BCUT2D eigenvalue weighted by molar-refractivity contribution is 5.96. The van der Waals surface area contributed by atoms with Gasteiger partial charge in [-0.05, 0) is 38.1 Å². The van der Waals surface area contributed by atoms with Crippen molar-refractivity contribution in [3.8, 4) is 0 Å². The Hall–Kier alpha value is -1.55. The van der Waals surface area contributed by atoms with Gasteiger partial charge in [-0.3, -0.25) is 4.79 Å². The summed E-state index contributed by atoms with van der Waals surface area (Å²) in [6, 6.07) is 7.95. The minimum Gasteiger partial charge on any atom is -0.391 e. The SMILES string of the molecule is CCN(CC)c1ccc(N2CC(O)CC2=O)cc1. The second-order valence-electron chi connectivity index (χ2n) is 4.55. The second kappa shape index (κ2) is 5.40. The van der Waals surface area contributed by atoms with E-state index in [0.717, 1.165) is 24.5 Å². The summed E-state index contributed by atoms with van der Waals surface area (Å²) < 4.78 is 0. The van der Waals surface area contributed by atoms with Crippen molar-refractivity contribution in [2.45, 2.75) is 26.4 Å². The Morgan fingerprint density at radius 2 is 1.89 bits per heavy atom. The van der Waals surface area contributed by atoms with Gasteiger partial charge in [0.15, 0.2) is 0 Å². The molecule has 1 N–H and O–H groups in total. The Labute approximate surface area is 108 Å². The van der Waals surface area contributed by atoms with Crippen LogP contribution in [0.15, 0.2) is 24.3 Å². The number of carbonyl (C=O) groups is 1. The van der Waals surface area contributed by atoms with E-state index in [-0.39, 0.29) is 12.3 Å². The maximum absolute atomic E-state index is 11.7. The molecule has 1 aromatic rings. The molecule has 4 heteroatoms. The Morgan fingerprint density at radius 1 is 1.28 bits per heavy atom. The van der Waals surface area contributed by atoms with E-state index < -0.39 is 6.10 Å². The standard InChI is InChI=1S/C14H20N2O2/c1-3-15(4-2)11-5-7-12(8-6-11)16-10-13(17)9-14(16)18/h5-8,13,17H,3-4,9-10H2,1-2H3. The topological polar surface area (TPSA) is 43.8 Å². The molecule has 0 aromatic heterocycles. The number of nitrogens with zero attached hydrogens (tertiary/aromatic N) is 2. The van der Waals surface area contributed by atoms with E-state index in [1.807, 2.05) is 24.3 Å². The van der Waals surface area contributed by atoms with Crippen LogP contribution in [0.2, 0.25) is 0 Å². The summed E-state index contributed by atoms with van der Waals surface area (Å²) in [5.41, 5.74) is 2.03. The van der Waals surface area contributed by atoms with Gasteiger partial charge in [-0.1, -0.05) is 0 Å². The molecular formula is C14H20N2O2. The van der Waals surface area contributed by atoms with Gasteiger partial charge in [0, 0.05) is 24.5 Å². The van der Waals surface area contributed by atoms with Crippen molar-refractivity contribution < 1.29 is 9.90 Å². The number of aliphatic hydroxyl groups is 1. The highest BCUT2D eigenvalue weighted by atomic mass is 16.3. The monoisotopic (exact) mass is 248 g/mol. The van der Waals surface area contributed by atoms with Gasteiger partial charge in [0.2, 0.25) is 5.91 Å². The van der Waals surface area contributed by atoms with Crippen LogP contribution in [0.3, 0.4) is 0 Å². The Bertz CT molecular complexity index is 412. The van der Waals surface area contributed by atoms with E-state index in [9.17, 15) is 9.90 Å². The summed E-state index contributed by atoms with van der Waals surface area (Å²) in [6.07, 6.45) is -0.294. The maximum atomic E-state index is 11.7. The van der Waals surface area contributed by atoms with Crippen LogP contribution in [0.1, 0.15) is 20.3 Å². The summed E-state index contributed by atoms with van der Waals surface area (Å²) in [6.45, 7) is 6.59. The van der Waals surface area contributed by atoms with Crippen molar-refractivity contribution in [3.63, 3.8) is 0 Å². The highest BCUT2D eigenvalue weighted by Crippen LogP contribution is 2.24. The minimum absolute atomic E-state index is 0.00177. The fraction of sp³-hybridized carbons (Fsp3) is 0.500. The quantitative estimate of drug-likeness (QED) is 0.880. The summed E-state index contributed by atoms with van der Waals surface area (Å²) in [4.78, 5) is 15.6. The summed E-state index contributed by atoms with van der Waals surface area (Å²) in [7, 11) is 0. The molecule has 1 aliphatic heterocycles. The summed E-state index contributed by atoms with van der Waals surface area (Å²) in [5.74, 6) is -0.00177. The number of aliphatic hydroxyl groups excluding tert-OH is 1. The molecule has 1 aromatic carbocycles. The molecule has 1 aliphatic rings. The maximum Gasteiger partial charge on any atom is 0.229 e. The first-order valence-corrected chi connectivity index (χ1v) is 6.49. The Balaban J connectivity index is 2.15. The van der Waals surface area contributed by atoms with Crippen molar-refractivity contribution in [1.82, 2.24) is 0 Å². The number of rotatable bonds is 4. The normalized spacial score (nSPS) is 19.4. The zero-order chi connectivity index (χ0) is 13.1. The number of benzene rings is 1. The molecule has 98 valence electrons. The van der Waals surface area contributed by atoms with E-state index in [1.54, 1.807) is 4.90 Å². The van der Waals surface area contributed by atoms with Crippen LogP contribution >= 0.6 is 0 Å². The number of anilines is 2. The molecule has 1 saturated heterocycles. The van der Waals surface area contributed by atoms with Crippen LogP contribution in [0.4, 0.5) is 11.4 Å².